The van der Waals surface area contributed by atoms with E-state index in [1.54, 1.807) is 0 Å². The lowest BCUT2D eigenvalue weighted by molar-refractivity contribution is -0.123. The molecule has 1 fully saturated rings. The maximum Gasteiger partial charge on any atom is -0.0244 e. The molecule has 0 radical (unpaired) electrons. The Kier molecular flexibility index (Phi) is 3.30. The Labute approximate surface area is 96.8 Å². The Bertz CT molecular complexity index is 218. The van der Waals surface area contributed by atoms with E-state index in [4.69, 9.17) is 0 Å². The van der Waals surface area contributed by atoms with E-state index >= 15 is 0 Å². The monoisotopic (exact) mass is 210 g/mol. The molecule has 1 rings (SSSR count). The highest BCUT2D eigenvalue weighted by Gasteiger charge is 2.55. The van der Waals surface area contributed by atoms with Crippen LogP contribution in [0.25, 0.3) is 0 Å². The van der Waals surface area contributed by atoms with Crippen LogP contribution in [0, 0.1) is 22.2 Å². The molecule has 0 heteroatoms. The molecule has 1 aliphatic carbocycles. The van der Waals surface area contributed by atoms with E-state index in [2.05, 4.69) is 48.5 Å². The third-order valence-corrected chi connectivity index (χ3v) is 6.58. The van der Waals surface area contributed by atoms with E-state index in [1.807, 2.05) is 0 Å². The van der Waals surface area contributed by atoms with Crippen molar-refractivity contribution in [3.63, 3.8) is 0 Å². The van der Waals surface area contributed by atoms with Gasteiger partial charge in [-0.3, -0.25) is 0 Å². The normalized spacial score (nSPS) is 32.6. The van der Waals surface area contributed by atoms with Crippen LogP contribution in [0.15, 0.2) is 0 Å². The summed E-state index contributed by atoms with van der Waals surface area (Å²) in [5.41, 5.74) is 1.50. The van der Waals surface area contributed by atoms with Gasteiger partial charge >= 0.3 is 0 Å². The Morgan fingerprint density at radius 1 is 1.00 bits per heavy atom. The third-order valence-electron chi connectivity index (χ3n) is 6.58. The minimum atomic E-state index is 0.459. The first-order valence-electron chi connectivity index (χ1n) is 6.75. The maximum absolute atomic E-state index is 2.51. The molecule has 0 heterocycles. The zero-order valence-corrected chi connectivity index (χ0v) is 11.9. The van der Waals surface area contributed by atoms with Gasteiger partial charge in [-0.05, 0) is 47.8 Å². The van der Waals surface area contributed by atoms with Gasteiger partial charge in [0.1, 0.15) is 0 Å². The lowest BCUT2D eigenvalue weighted by Gasteiger charge is -2.61. The van der Waals surface area contributed by atoms with Crippen molar-refractivity contribution in [2.45, 2.75) is 74.1 Å². The summed E-state index contributed by atoms with van der Waals surface area (Å²) in [4.78, 5) is 0. The smallest absolute Gasteiger partial charge is 0.0244 e. The van der Waals surface area contributed by atoms with Crippen LogP contribution in [-0.4, -0.2) is 0 Å². The molecule has 0 N–H and O–H groups in total. The lowest BCUT2D eigenvalue weighted by Crippen LogP contribution is -2.53. The second-order valence-corrected chi connectivity index (χ2v) is 6.77. The minimum Gasteiger partial charge on any atom is -0.0648 e. The van der Waals surface area contributed by atoms with E-state index in [-0.39, 0.29) is 0 Å². The molecule has 0 aromatic rings. The van der Waals surface area contributed by atoms with E-state index in [0.29, 0.717) is 16.2 Å². The van der Waals surface area contributed by atoms with Crippen molar-refractivity contribution in [3.05, 3.63) is 0 Å². The summed E-state index contributed by atoms with van der Waals surface area (Å²) in [6, 6.07) is 0. The van der Waals surface area contributed by atoms with E-state index in [9.17, 15) is 0 Å². The topological polar surface area (TPSA) is 0 Å². The van der Waals surface area contributed by atoms with Gasteiger partial charge in [-0.1, -0.05) is 48.5 Å². The first-order valence-corrected chi connectivity index (χ1v) is 6.75. The summed E-state index contributed by atoms with van der Waals surface area (Å²) in [7, 11) is 0. The van der Waals surface area contributed by atoms with Gasteiger partial charge in [0.15, 0.2) is 0 Å². The van der Waals surface area contributed by atoms with Gasteiger partial charge in [-0.25, -0.2) is 0 Å². The molecular weight excluding hydrogens is 180 g/mol. The number of hydrogen-bond acceptors (Lipinski definition) is 0. The zero-order chi connectivity index (χ0) is 11.9. The summed E-state index contributed by atoms with van der Waals surface area (Å²) < 4.78 is 0. The molecule has 15 heavy (non-hydrogen) atoms. The highest BCUT2D eigenvalue weighted by Crippen LogP contribution is 2.64. The number of rotatable bonds is 2. The first-order chi connectivity index (χ1) is 6.75. The van der Waals surface area contributed by atoms with Crippen molar-refractivity contribution in [1.82, 2.24) is 0 Å². The molecule has 0 saturated heterocycles. The molecule has 0 bridgehead atoms. The highest BCUT2D eigenvalue weighted by atomic mass is 14.6. The van der Waals surface area contributed by atoms with E-state index in [1.165, 1.54) is 25.7 Å². The summed E-state index contributed by atoms with van der Waals surface area (Å²) in [6.45, 7) is 17.2. The quantitative estimate of drug-likeness (QED) is 0.582. The molecule has 1 aliphatic rings. The predicted molar refractivity (Wildman–Crippen MR) is 69.0 cm³/mol. The van der Waals surface area contributed by atoms with Gasteiger partial charge in [-0.15, -0.1) is 0 Å². The average molecular weight is 210 g/mol. The molecule has 0 aliphatic heterocycles. The van der Waals surface area contributed by atoms with Crippen LogP contribution in [0.4, 0.5) is 0 Å². The maximum atomic E-state index is 2.51. The largest absolute Gasteiger partial charge is 0.0648 e. The zero-order valence-electron chi connectivity index (χ0n) is 11.9. The number of hydrogen-bond donors (Lipinski definition) is 0. The fraction of sp³-hybridized carbons (Fsp3) is 1.00. The van der Waals surface area contributed by atoms with Crippen molar-refractivity contribution >= 4 is 0 Å². The molecule has 0 aromatic heterocycles. The molecule has 0 spiro atoms. The minimum absolute atomic E-state index is 0.459. The Morgan fingerprint density at radius 2 is 1.47 bits per heavy atom. The van der Waals surface area contributed by atoms with Crippen LogP contribution < -0.4 is 0 Å². The Morgan fingerprint density at radius 3 is 1.87 bits per heavy atom. The van der Waals surface area contributed by atoms with Crippen LogP contribution in [0.5, 0.6) is 0 Å². The van der Waals surface area contributed by atoms with Crippen molar-refractivity contribution in [2.75, 3.05) is 0 Å². The van der Waals surface area contributed by atoms with Crippen molar-refractivity contribution in [2.24, 2.45) is 22.2 Å². The molecule has 0 amide bonds. The fourth-order valence-electron chi connectivity index (χ4n) is 3.95. The SMILES string of the molecule is CCC1(CC)CCC(C)C(C)(C)C1(C)C. The second-order valence-electron chi connectivity index (χ2n) is 6.77. The van der Waals surface area contributed by atoms with Gasteiger partial charge in [-0.2, -0.15) is 0 Å². The van der Waals surface area contributed by atoms with Crippen LogP contribution in [0.2, 0.25) is 0 Å². The Hall–Kier alpha value is 0. The molecule has 90 valence electrons. The van der Waals surface area contributed by atoms with Gasteiger partial charge in [0.05, 0.1) is 0 Å². The molecule has 0 aromatic carbocycles. The third kappa shape index (κ3) is 1.56. The van der Waals surface area contributed by atoms with Crippen LogP contribution in [-0.2, 0) is 0 Å². The molecular formula is C15H30. The van der Waals surface area contributed by atoms with Crippen LogP contribution in [0.3, 0.4) is 0 Å². The summed E-state index contributed by atoms with van der Waals surface area (Å²) in [5.74, 6) is 0.860. The van der Waals surface area contributed by atoms with Gasteiger partial charge < -0.3 is 0 Å². The van der Waals surface area contributed by atoms with Crippen LogP contribution >= 0.6 is 0 Å². The van der Waals surface area contributed by atoms with Crippen molar-refractivity contribution in [1.29, 1.82) is 0 Å². The molecule has 1 atom stereocenters. The van der Waals surface area contributed by atoms with Gasteiger partial charge in [0.25, 0.3) is 0 Å². The first kappa shape index (κ1) is 13.1. The summed E-state index contributed by atoms with van der Waals surface area (Å²) in [6.07, 6.45) is 5.52. The lowest BCUT2D eigenvalue weighted by atomic mass is 9.43. The second kappa shape index (κ2) is 3.79. The standard InChI is InChI=1S/C15H30/c1-8-15(9-2)11-10-12(3)13(4,5)14(15,6)7/h12H,8-11H2,1-7H3. The highest BCUT2D eigenvalue weighted by molar-refractivity contribution is 5.04. The summed E-state index contributed by atoms with van der Waals surface area (Å²) >= 11 is 0. The van der Waals surface area contributed by atoms with E-state index < -0.39 is 0 Å². The fourth-order valence-corrected chi connectivity index (χ4v) is 3.95. The van der Waals surface area contributed by atoms with Gasteiger partial charge in [0, 0.05) is 0 Å². The van der Waals surface area contributed by atoms with E-state index in [0.717, 1.165) is 5.92 Å². The average Bonchev–Trinajstić information content (AvgIpc) is 2.17. The van der Waals surface area contributed by atoms with Crippen LogP contribution in [0.1, 0.15) is 74.1 Å². The van der Waals surface area contributed by atoms with Gasteiger partial charge in [0.2, 0.25) is 0 Å². The predicted octanol–water partition coefficient (Wildman–Crippen LogP) is 5.28. The molecule has 0 nitrogen and oxygen atoms in total. The summed E-state index contributed by atoms with van der Waals surface area (Å²) in [5, 5.41) is 0. The van der Waals surface area contributed by atoms with Crippen molar-refractivity contribution in [3.8, 4) is 0 Å². The Balaban J connectivity index is 3.15. The molecule has 1 saturated carbocycles. The molecule has 1 unspecified atom stereocenters. The van der Waals surface area contributed by atoms with Crippen molar-refractivity contribution < 1.29 is 0 Å².